The Morgan fingerprint density at radius 3 is 2.33 bits per heavy atom. The molecule has 0 N–H and O–H groups in total. The average Bonchev–Trinajstić information content (AvgIpc) is 3.21. The van der Waals surface area contributed by atoms with Gasteiger partial charge in [-0.1, -0.05) is 26.0 Å². The van der Waals surface area contributed by atoms with Gasteiger partial charge in [-0.3, -0.25) is 4.79 Å². The third-order valence-electron chi connectivity index (χ3n) is 5.85. The van der Waals surface area contributed by atoms with Crippen molar-refractivity contribution in [2.45, 2.75) is 53.2 Å². The van der Waals surface area contributed by atoms with Crippen LogP contribution in [0.5, 0.6) is 17.2 Å². The van der Waals surface area contributed by atoms with Gasteiger partial charge in [0, 0.05) is 11.1 Å². The van der Waals surface area contributed by atoms with Crippen LogP contribution in [0.3, 0.4) is 0 Å². The Kier molecular flexibility index (Phi) is 7.51. The highest BCUT2D eigenvalue weighted by atomic mass is 16.6. The number of methoxy groups -OCH3 is 2. The number of carbonyl (C=O) groups excluding carboxylic acids is 2. The van der Waals surface area contributed by atoms with E-state index in [4.69, 9.17) is 23.7 Å². The van der Waals surface area contributed by atoms with Gasteiger partial charge in [-0.05, 0) is 50.5 Å². The minimum absolute atomic E-state index is 0.0625. The number of ether oxygens (including phenoxy) is 5. The quantitative estimate of drug-likeness (QED) is 0.456. The van der Waals surface area contributed by atoms with Crippen molar-refractivity contribution in [1.29, 1.82) is 0 Å². The molecule has 0 radical (unpaired) electrons. The lowest BCUT2D eigenvalue weighted by Crippen LogP contribution is -2.35. The molecular formula is C26H32O7. The molecule has 2 aromatic carbocycles. The van der Waals surface area contributed by atoms with E-state index < -0.39 is 5.41 Å². The normalized spacial score (nSPS) is 12.9. The lowest BCUT2D eigenvalue weighted by Gasteiger charge is -2.27. The lowest BCUT2D eigenvalue weighted by atomic mass is 9.94. The maximum atomic E-state index is 12.8. The molecule has 0 saturated heterocycles. The first-order chi connectivity index (χ1) is 15.8. The second-order valence-electron chi connectivity index (χ2n) is 8.60. The molecule has 0 atom stereocenters. The van der Waals surface area contributed by atoms with Crippen molar-refractivity contribution in [2.24, 2.45) is 5.41 Å². The fourth-order valence-corrected chi connectivity index (χ4v) is 3.73. The molecule has 1 aliphatic rings. The maximum absolute atomic E-state index is 12.8. The van der Waals surface area contributed by atoms with E-state index in [1.165, 1.54) is 7.11 Å². The number of carbonyl (C=O) groups is 2. The van der Waals surface area contributed by atoms with E-state index in [2.05, 4.69) is 0 Å². The van der Waals surface area contributed by atoms with Crippen LogP contribution < -0.4 is 14.2 Å². The van der Waals surface area contributed by atoms with E-state index in [0.717, 1.165) is 24.0 Å². The number of cyclic esters (lactones) is 1. The van der Waals surface area contributed by atoms with Gasteiger partial charge in [0.05, 0.1) is 25.2 Å². The summed E-state index contributed by atoms with van der Waals surface area (Å²) in [5, 5.41) is 0. The van der Waals surface area contributed by atoms with Gasteiger partial charge in [-0.2, -0.15) is 0 Å². The highest BCUT2D eigenvalue weighted by Crippen LogP contribution is 2.46. The molecule has 178 valence electrons. The van der Waals surface area contributed by atoms with E-state index in [-0.39, 0.29) is 31.3 Å². The Morgan fingerprint density at radius 2 is 1.70 bits per heavy atom. The first kappa shape index (κ1) is 24.4. The number of benzene rings is 2. The van der Waals surface area contributed by atoms with Crippen LogP contribution in [0, 0.1) is 5.41 Å². The fourth-order valence-electron chi connectivity index (χ4n) is 3.73. The molecule has 0 fully saturated rings. The molecule has 7 heteroatoms. The van der Waals surface area contributed by atoms with Gasteiger partial charge in [0.2, 0.25) is 5.75 Å². The molecule has 0 aliphatic carbocycles. The Balaban J connectivity index is 1.99. The first-order valence-corrected chi connectivity index (χ1v) is 11.2. The van der Waals surface area contributed by atoms with Gasteiger partial charge in [-0.15, -0.1) is 0 Å². The summed E-state index contributed by atoms with van der Waals surface area (Å²) in [6, 6.07) is 9.08. The van der Waals surface area contributed by atoms with Crippen molar-refractivity contribution in [3.8, 4) is 28.4 Å². The maximum Gasteiger partial charge on any atom is 0.338 e. The zero-order chi connectivity index (χ0) is 24.2. The number of esters is 2. The van der Waals surface area contributed by atoms with E-state index in [9.17, 15) is 9.59 Å². The van der Waals surface area contributed by atoms with Gasteiger partial charge in [-0.25, -0.2) is 4.79 Å². The van der Waals surface area contributed by atoms with E-state index in [0.29, 0.717) is 28.4 Å². The van der Waals surface area contributed by atoms with Crippen LogP contribution in [0.25, 0.3) is 11.1 Å². The molecule has 2 aromatic rings. The van der Waals surface area contributed by atoms with Gasteiger partial charge >= 0.3 is 11.9 Å². The first-order valence-electron chi connectivity index (χ1n) is 11.2. The topological polar surface area (TPSA) is 80.3 Å². The number of hydrogen-bond donors (Lipinski definition) is 0. The van der Waals surface area contributed by atoms with Crippen LogP contribution in [0.15, 0.2) is 30.3 Å². The van der Waals surface area contributed by atoms with Crippen molar-refractivity contribution < 1.29 is 33.3 Å². The average molecular weight is 457 g/mol. The molecule has 0 spiro atoms. The summed E-state index contributed by atoms with van der Waals surface area (Å²) in [4.78, 5) is 24.9. The van der Waals surface area contributed by atoms with Crippen LogP contribution in [-0.4, -0.2) is 38.9 Å². The Hall–Kier alpha value is -3.22. The smallest absolute Gasteiger partial charge is 0.338 e. The third-order valence-corrected chi connectivity index (χ3v) is 5.85. The number of fused-ring (bicyclic) bond motifs is 1. The summed E-state index contributed by atoms with van der Waals surface area (Å²) < 4.78 is 28.2. The van der Waals surface area contributed by atoms with Crippen molar-refractivity contribution in [3.63, 3.8) is 0 Å². The van der Waals surface area contributed by atoms with Gasteiger partial charge in [0.15, 0.2) is 11.5 Å². The van der Waals surface area contributed by atoms with Crippen LogP contribution in [0.4, 0.5) is 0 Å². The second-order valence-corrected chi connectivity index (χ2v) is 8.60. The van der Waals surface area contributed by atoms with E-state index >= 15 is 0 Å². The summed E-state index contributed by atoms with van der Waals surface area (Å²) >= 11 is 0. The monoisotopic (exact) mass is 456 g/mol. The number of rotatable bonds is 10. The molecule has 1 heterocycles. The molecule has 1 aliphatic heterocycles. The fraction of sp³-hybridized carbons (Fsp3) is 0.462. The summed E-state index contributed by atoms with van der Waals surface area (Å²) in [6.45, 7) is 7.81. The predicted molar refractivity (Wildman–Crippen MR) is 124 cm³/mol. The van der Waals surface area contributed by atoms with Crippen LogP contribution >= 0.6 is 0 Å². The Bertz CT molecular complexity index is 1020. The molecule has 0 unspecified atom stereocenters. The summed E-state index contributed by atoms with van der Waals surface area (Å²) in [5.74, 6) is 0.655. The van der Waals surface area contributed by atoms with Crippen molar-refractivity contribution in [1.82, 2.24) is 0 Å². The summed E-state index contributed by atoms with van der Waals surface area (Å²) in [7, 11) is 3.08. The summed E-state index contributed by atoms with van der Waals surface area (Å²) in [6.07, 6.45) is 1.39. The third kappa shape index (κ3) is 4.92. The minimum atomic E-state index is -0.897. The van der Waals surface area contributed by atoms with Gasteiger partial charge in [0.1, 0.15) is 19.3 Å². The summed E-state index contributed by atoms with van der Waals surface area (Å²) in [5.41, 5.74) is 1.93. The number of hydrogen-bond acceptors (Lipinski definition) is 7. The molecule has 0 aromatic heterocycles. The zero-order valence-electron chi connectivity index (χ0n) is 20.2. The van der Waals surface area contributed by atoms with Gasteiger partial charge in [0.25, 0.3) is 0 Å². The SMILES string of the molecule is CCC(CC)OC(=O)C(C)(C)COc1c(-c2cccc3c2COC3=O)ccc(OC)c1OC. The van der Waals surface area contributed by atoms with Crippen molar-refractivity contribution >= 4 is 11.9 Å². The Morgan fingerprint density at radius 1 is 1.00 bits per heavy atom. The van der Waals surface area contributed by atoms with E-state index in [1.807, 2.05) is 26.0 Å². The van der Waals surface area contributed by atoms with Gasteiger partial charge < -0.3 is 23.7 Å². The van der Waals surface area contributed by atoms with Crippen LogP contribution in [0.1, 0.15) is 56.5 Å². The Labute approximate surface area is 194 Å². The van der Waals surface area contributed by atoms with Crippen LogP contribution in [-0.2, 0) is 20.9 Å². The molecular weight excluding hydrogens is 424 g/mol. The van der Waals surface area contributed by atoms with Crippen molar-refractivity contribution in [2.75, 3.05) is 20.8 Å². The predicted octanol–water partition coefficient (Wildman–Crippen LogP) is 5.18. The van der Waals surface area contributed by atoms with Crippen molar-refractivity contribution in [3.05, 3.63) is 41.5 Å². The largest absolute Gasteiger partial charge is 0.493 e. The molecule has 33 heavy (non-hydrogen) atoms. The lowest BCUT2D eigenvalue weighted by molar-refractivity contribution is -0.161. The highest BCUT2D eigenvalue weighted by molar-refractivity contribution is 5.96. The highest BCUT2D eigenvalue weighted by Gasteiger charge is 2.34. The van der Waals surface area contributed by atoms with E-state index in [1.54, 1.807) is 39.2 Å². The standard InChI is InChI=1S/C26H32O7/c1-7-16(8-2)33-25(28)26(3,4)15-32-22-18(12-13-21(29-5)23(22)30-6)17-10-9-11-19-20(17)14-31-24(19)27/h9-13,16H,7-8,14-15H2,1-6H3. The van der Waals surface area contributed by atoms with Crippen LogP contribution in [0.2, 0.25) is 0 Å². The zero-order valence-corrected chi connectivity index (χ0v) is 20.2. The second kappa shape index (κ2) is 10.1. The molecule has 3 rings (SSSR count). The molecule has 0 amide bonds. The minimum Gasteiger partial charge on any atom is -0.493 e. The molecule has 7 nitrogen and oxygen atoms in total. The molecule has 0 bridgehead atoms. The molecule has 0 saturated carbocycles.